The molecule has 1 atom stereocenters. The van der Waals surface area contributed by atoms with E-state index in [1.165, 1.54) is 13.2 Å². The van der Waals surface area contributed by atoms with E-state index in [9.17, 15) is 9.18 Å². The van der Waals surface area contributed by atoms with Crippen LogP contribution in [0, 0.1) is 11.7 Å². The van der Waals surface area contributed by atoms with Gasteiger partial charge in [-0.1, -0.05) is 50.2 Å². The van der Waals surface area contributed by atoms with E-state index in [1.54, 1.807) is 12.1 Å². The molecule has 128 valence electrons. The number of carbonyl (C=O) groups is 1. The highest BCUT2D eigenvalue weighted by Crippen LogP contribution is 2.22. The quantitative estimate of drug-likeness (QED) is 0.823. The van der Waals surface area contributed by atoms with Gasteiger partial charge in [-0.15, -0.1) is 0 Å². The molecule has 2 aromatic rings. The zero-order valence-corrected chi connectivity index (χ0v) is 14.4. The molecule has 0 aliphatic rings. The Kier molecular flexibility index (Phi) is 6.36. The Hall–Kier alpha value is -2.36. The second-order valence-corrected chi connectivity index (χ2v) is 6.31. The Labute approximate surface area is 142 Å². The summed E-state index contributed by atoms with van der Waals surface area (Å²) in [6.07, 6.45) is 0.995. The van der Waals surface area contributed by atoms with Crippen molar-refractivity contribution in [3.8, 4) is 5.75 Å². The molecular formula is C20H24FNO2. The van der Waals surface area contributed by atoms with E-state index in [1.807, 2.05) is 30.3 Å². The Balaban J connectivity index is 2.06. The van der Waals surface area contributed by atoms with Crippen molar-refractivity contribution in [2.24, 2.45) is 5.92 Å². The van der Waals surface area contributed by atoms with Gasteiger partial charge in [0.05, 0.1) is 19.6 Å². The Morgan fingerprint density at radius 3 is 2.46 bits per heavy atom. The molecule has 0 saturated carbocycles. The molecule has 2 rings (SSSR count). The zero-order valence-electron chi connectivity index (χ0n) is 14.4. The van der Waals surface area contributed by atoms with Gasteiger partial charge >= 0.3 is 0 Å². The van der Waals surface area contributed by atoms with E-state index >= 15 is 0 Å². The van der Waals surface area contributed by atoms with Crippen LogP contribution in [-0.2, 0) is 11.2 Å². The van der Waals surface area contributed by atoms with Gasteiger partial charge < -0.3 is 10.1 Å². The summed E-state index contributed by atoms with van der Waals surface area (Å²) in [6, 6.07) is 14.5. The number of methoxy groups -OCH3 is 1. The van der Waals surface area contributed by atoms with Gasteiger partial charge in [-0.05, 0) is 35.6 Å². The average molecular weight is 329 g/mol. The molecule has 24 heavy (non-hydrogen) atoms. The van der Waals surface area contributed by atoms with Gasteiger partial charge in [-0.25, -0.2) is 4.39 Å². The summed E-state index contributed by atoms with van der Waals surface area (Å²) in [5.74, 6) is 0.0636. The fourth-order valence-electron chi connectivity index (χ4n) is 2.69. The minimum absolute atomic E-state index is 0.0400. The molecular weight excluding hydrogens is 305 g/mol. The van der Waals surface area contributed by atoms with Crippen LogP contribution in [0.3, 0.4) is 0 Å². The summed E-state index contributed by atoms with van der Waals surface area (Å²) in [5, 5.41) is 3.07. The molecule has 0 bridgehead atoms. The second kappa shape index (κ2) is 8.48. The molecule has 1 N–H and O–H groups in total. The number of halogens is 1. The fourth-order valence-corrected chi connectivity index (χ4v) is 2.69. The Bertz CT molecular complexity index is 671. The molecule has 0 fully saturated rings. The third-order valence-corrected chi connectivity index (χ3v) is 3.83. The maximum Gasteiger partial charge on any atom is 0.224 e. The maximum atomic E-state index is 13.7. The van der Waals surface area contributed by atoms with E-state index in [0.29, 0.717) is 11.5 Å². The van der Waals surface area contributed by atoms with E-state index in [4.69, 9.17) is 4.74 Å². The van der Waals surface area contributed by atoms with Crippen LogP contribution in [0.5, 0.6) is 5.75 Å². The van der Waals surface area contributed by atoms with Crippen LogP contribution in [-0.4, -0.2) is 13.0 Å². The lowest BCUT2D eigenvalue weighted by Gasteiger charge is -2.21. The van der Waals surface area contributed by atoms with Crippen LogP contribution in [0.15, 0.2) is 48.5 Å². The fraction of sp³-hybridized carbons (Fsp3) is 0.350. The molecule has 0 heterocycles. The molecule has 2 aromatic carbocycles. The normalized spacial score (nSPS) is 12.0. The van der Waals surface area contributed by atoms with Gasteiger partial charge in [0.2, 0.25) is 5.91 Å². The van der Waals surface area contributed by atoms with Crippen LogP contribution >= 0.6 is 0 Å². The highest BCUT2D eigenvalue weighted by molar-refractivity contribution is 5.79. The minimum Gasteiger partial charge on any atom is -0.494 e. The lowest BCUT2D eigenvalue weighted by atomic mass is 9.96. The minimum atomic E-state index is -0.454. The number of amides is 1. The van der Waals surface area contributed by atoms with Gasteiger partial charge in [0.1, 0.15) is 0 Å². The summed E-state index contributed by atoms with van der Waals surface area (Å²) in [4.78, 5) is 12.4. The van der Waals surface area contributed by atoms with Crippen molar-refractivity contribution in [2.75, 3.05) is 7.11 Å². The van der Waals surface area contributed by atoms with Crippen LogP contribution in [0.2, 0.25) is 0 Å². The molecule has 0 aromatic heterocycles. The highest BCUT2D eigenvalue weighted by Gasteiger charge is 2.16. The largest absolute Gasteiger partial charge is 0.494 e. The smallest absolute Gasteiger partial charge is 0.224 e. The standard InChI is InChI=1S/C20H24FNO2/c1-14(2)11-18(16-7-5-4-6-8-16)22-20(23)13-15-9-10-19(24-3)17(21)12-15/h4-10,12,14,18H,11,13H2,1-3H3,(H,22,23). The van der Waals surface area contributed by atoms with Gasteiger partial charge in [0.15, 0.2) is 11.6 Å². The Morgan fingerprint density at radius 1 is 1.17 bits per heavy atom. The molecule has 0 saturated heterocycles. The van der Waals surface area contributed by atoms with Crippen molar-refractivity contribution >= 4 is 5.91 Å². The molecule has 1 amide bonds. The van der Waals surface area contributed by atoms with Gasteiger partial charge in [0.25, 0.3) is 0 Å². The monoisotopic (exact) mass is 329 g/mol. The first-order chi connectivity index (χ1) is 11.5. The third kappa shape index (κ3) is 5.08. The van der Waals surface area contributed by atoms with Crippen LogP contribution in [0.4, 0.5) is 4.39 Å². The van der Waals surface area contributed by atoms with Crippen molar-refractivity contribution in [1.82, 2.24) is 5.32 Å². The third-order valence-electron chi connectivity index (χ3n) is 3.83. The first kappa shape index (κ1) is 18.0. The lowest BCUT2D eigenvalue weighted by Crippen LogP contribution is -2.30. The number of nitrogens with one attached hydrogen (secondary N) is 1. The van der Waals surface area contributed by atoms with Gasteiger partial charge in [-0.3, -0.25) is 4.79 Å². The van der Waals surface area contributed by atoms with E-state index in [-0.39, 0.29) is 24.1 Å². The lowest BCUT2D eigenvalue weighted by molar-refractivity contribution is -0.121. The van der Waals surface area contributed by atoms with Crippen molar-refractivity contribution in [2.45, 2.75) is 32.7 Å². The summed E-state index contributed by atoms with van der Waals surface area (Å²) in [5.41, 5.74) is 1.71. The molecule has 1 unspecified atom stereocenters. The van der Waals surface area contributed by atoms with E-state index in [2.05, 4.69) is 19.2 Å². The summed E-state index contributed by atoms with van der Waals surface area (Å²) >= 11 is 0. The second-order valence-electron chi connectivity index (χ2n) is 6.31. The number of rotatable bonds is 7. The molecule has 0 spiro atoms. The topological polar surface area (TPSA) is 38.3 Å². The molecule has 0 aliphatic carbocycles. The number of benzene rings is 2. The number of carbonyl (C=O) groups excluding carboxylic acids is 1. The van der Waals surface area contributed by atoms with Crippen LogP contribution < -0.4 is 10.1 Å². The van der Waals surface area contributed by atoms with Crippen LogP contribution in [0.1, 0.15) is 37.4 Å². The first-order valence-electron chi connectivity index (χ1n) is 8.16. The molecule has 4 heteroatoms. The van der Waals surface area contributed by atoms with Crippen molar-refractivity contribution in [3.63, 3.8) is 0 Å². The number of ether oxygens (including phenoxy) is 1. The molecule has 0 radical (unpaired) electrons. The summed E-state index contributed by atoms with van der Waals surface area (Å²) in [7, 11) is 1.42. The molecule has 3 nitrogen and oxygen atoms in total. The number of hydrogen-bond acceptors (Lipinski definition) is 2. The van der Waals surface area contributed by atoms with Crippen molar-refractivity contribution in [1.29, 1.82) is 0 Å². The predicted octanol–water partition coefficient (Wildman–Crippen LogP) is 4.28. The van der Waals surface area contributed by atoms with Gasteiger partial charge in [0, 0.05) is 0 Å². The highest BCUT2D eigenvalue weighted by atomic mass is 19.1. The van der Waals surface area contributed by atoms with Crippen molar-refractivity contribution < 1.29 is 13.9 Å². The summed E-state index contributed by atoms with van der Waals surface area (Å²) < 4.78 is 18.6. The maximum absolute atomic E-state index is 13.7. The Morgan fingerprint density at radius 2 is 1.88 bits per heavy atom. The summed E-state index contributed by atoms with van der Waals surface area (Å²) in [6.45, 7) is 4.25. The predicted molar refractivity (Wildman–Crippen MR) is 93.4 cm³/mol. The number of hydrogen-bond donors (Lipinski definition) is 1. The van der Waals surface area contributed by atoms with E-state index < -0.39 is 5.82 Å². The molecule has 0 aliphatic heterocycles. The van der Waals surface area contributed by atoms with Crippen LogP contribution in [0.25, 0.3) is 0 Å². The van der Waals surface area contributed by atoms with Gasteiger partial charge in [-0.2, -0.15) is 0 Å². The zero-order chi connectivity index (χ0) is 17.5. The van der Waals surface area contributed by atoms with E-state index in [0.717, 1.165) is 12.0 Å². The first-order valence-corrected chi connectivity index (χ1v) is 8.16. The van der Waals surface area contributed by atoms with Crippen molar-refractivity contribution in [3.05, 3.63) is 65.5 Å². The average Bonchev–Trinajstić information content (AvgIpc) is 2.55. The SMILES string of the molecule is COc1ccc(CC(=O)NC(CC(C)C)c2ccccc2)cc1F.